The highest BCUT2D eigenvalue weighted by Gasteiger charge is 2.16. The van der Waals surface area contributed by atoms with Gasteiger partial charge in [0.2, 0.25) is 0 Å². The van der Waals surface area contributed by atoms with Gasteiger partial charge in [-0.25, -0.2) is 9.18 Å². The SMILES string of the molecule is CCN(CC)C(=O)c1cc(-c2cc(C)ccc2F)nc(=O)[nH]1. The predicted octanol–water partition coefficient (Wildman–Crippen LogP) is 2.37. The molecule has 1 aromatic heterocycles. The molecule has 5 nitrogen and oxygen atoms in total. The number of carbonyl (C=O) groups is 1. The molecule has 0 unspecified atom stereocenters. The number of nitrogens with one attached hydrogen (secondary N) is 1. The third-order valence-electron chi connectivity index (χ3n) is 3.42. The fraction of sp³-hybridized carbons (Fsp3) is 0.312. The molecule has 0 aliphatic heterocycles. The molecule has 0 aliphatic rings. The van der Waals surface area contributed by atoms with Crippen LogP contribution in [-0.4, -0.2) is 33.9 Å². The van der Waals surface area contributed by atoms with Gasteiger partial charge in [-0.1, -0.05) is 11.6 Å². The summed E-state index contributed by atoms with van der Waals surface area (Å²) in [4.78, 5) is 31.8. The van der Waals surface area contributed by atoms with Gasteiger partial charge in [-0.2, -0.15) is 4.98 Å². The summed E-state index contributed by atoms with van der Waals surface area (Å²) < 4.78 is 14.0. The molecule has 0 spiro atoms. The van der Waals surface area contributed by atoms with Crippen LogP contribution in [0.2, 0.25) is 0 Å². The highest BCUT2D eigenvalue weighted by Crippen LogP contribution is 2.21. The van der Waals surface area contributed by atoms with Crippen LogP contribution < -0.4 is 5.69 Å². The summed E-state index contributed by atoms with van der Waals surface area (Å²) in [5, 5.41) is 0. The smallest absolute Gasteiger partial charge is 0.338 e. The highest BCUT2D eigenvalue weighted by molar-refractivity contribution is 5.93. The Morgan fingerprint density at radius 2 is 1.95 bits per heavy atom. The van der Waals surface area contributed by atoms with E-state index < -0.39 is 11.5 Å². The lowest BCUT2D eigenvalue weighted by Gasteiger charge is -2.18. The van der Waals surface area contributed by atoms with E-state index in [2.05, 4.69) is 9.97 Å². The van der Waals surface area contributed by atoms with Crippen LogP contribution in [0.1, 0.15) is 29.9 Å². The number of hydrogen-bond donors (Lipinski definition) is 1. The van der Waals surface area contributed by atoms with E-state index in [1.807, 2.05) is 20.8 Å². The Hall–Kier alpha value is -2.50. The van der Waals surface area contributed by atoms with Crippen molar-refractivity contribution in [2.75, 3.05) is 13.1 Å². The van der Waals surface area contributed by atoms with Crippen molar-refractivity contribution in [1.82, 2.24) is 14.9 Å². The Kier molecular flexibility index (Phi) is 4.70. The molecule has 0 fully saturated rings. The second kappa shape index (κ2) is 6.51. The normalized spacial score (nSPS) is 10.5. The van der Waals surface area contributed by atoms with Gasteiger partial charge in [0.1, 0.15) is 11.5 Å². The number of hydrogen-bond acceptors (Lipinski definition) is 3. The van der Waals surface area contributed by atoms with Crippen molar-refractivity contribution in [1.29, 1.82) is 0 Å². The van der Waals surface area contributed by atoms with Gasteiger partial charge in [-0.05, 0) is 39.0 Å². The van der Waals surface area contributed by atoms with Crippen molar-refractivity contribution in [2.24, 2.45) is 0 Å². The maximum atomic E-state index is 14.0. The van der Waals surface area contributed by atoms with Crippen molar-refractivity contribution >= 4 is 5.91 Å². The van der Waals surface area contributed by atoms with Crippen LogP contribution in [0, 0.1) is 12.7 Å². The second-order valence-electron chi connectivity index (χ2n) is 4.95. The van der Waals surface area contributed by atoms with Crippen molar-refractivity contribution in [2.45, 2.75) is 20.8 Å². The van der Waals surface area contributed by atoms with Gasteiger partial charge >= 0.3 is 5.69 Å². The number of aryl methyl sites for hydroxylation is 1. The molecule has 1 N–H and O–H groups in total. The van der Waals surface area contributed by atoms with Crippen LogP contribution in [0.25, 0.3) is 11.3 Å². The Morgan fingerprint density at radius 1 is 1.27 bits per heavy atom. The first-order chi connectivity index (χ1) is 10.5. The molecule has 0 radical (unpaired) electrons. The number of nitrogens with zero attached hydrogens (tertiary/aromatic N) is 2. The quantitative estimate of drug-likeness (QED) is 0.943. The molecule has 1 heterocycles. The van der Waals surface area contributed by atoms with Crippen LogP contribution in [-0.2, 0) is 0 Å². The lowest BCUT2D eigenvalue weighted by atomic mass is 10.1. The van der Waals surface area contributed by atoms with Gasteiger partial charge in [0.15, 0.2) is 0 Å². The first-order valence-electron chi connectivity index (χ1n) is 7.13. The summed E-state index contributed by atoms with van der Waals surface area (Å²) >= 11 is 0. The van der Waals surface area contributed by atoms with Crippen molar-refractivity contribution in [3.8, 4) is 11.3 Å². The molecule has 0 saturated heterocycles. The third-order valence-corrected chi connectivity index (χ3v) is 3.42. The third kappa shape index (κ3) is 3.21. The lowest BCUT2D eigenvalue weighted by Crippen LogP contribution is -2.32. The number of H-pyrrole nitrogens is 1. The molecule has 0 atom stereocenters. The molecule has 2 rings (SSSR count). The zero-order valence-electron chi connectivity index (χ0n) is 12.8. The first-order valence-corrected chi connectivity index (χ1v) is 7.13. The number of amides is 1. The van der Waals surface area contributed by atoms with Crippen LogP contribution in [0.5, 0.6) is 0 Å². The second-order valence-corrected chi connectivity index (χ2v) is 4.95. The molecular weight excluding hydrogens is 285 g/mol. The Bertz CT molecular complexity index is 751. The van der Waals surface area contributed by atoms with Gasteiger partial charge in [0, 0.05) is 18.7 Å². The minimum absolute atomic E-state index is 0.111. The average molecular weight is 303 g/mol. The van der Waals surface area contributed by atoms with E-state index in [-0.39, 0.29) is 22.9 Å². The average Bonchev–Trinajstić information content (AvgIpc) is 2.50. The van der Waals surface area contributed by atoms with Gasteiger partial charge in [-0.15, -0.1) is 0 Å². The number of halogens is 1. The minimum atomic E-state index is -0.672. The Balaban J connectivity index is 2.54. The molecule has 0 aliphatic carbocycles. The number of carbonyl (C=O) groups excluding carboxylic acids is 1. The molecular formula is C16H18FN3O2. The van der Waals surface area contributed by atoms with E-state index in [4.69, 9.17) is 0 Å². The molecule has 0 saturated carbocycles. The van der Waals surface area contributed by atoms with Gasteiger partial charge in [0.05, 0.1) is 5.69 Å². The van der Waals surface area contributed by atoms with E-state index in [9.17, 15) is 14.0 Å². The highest BCUT2D eigenvalue weighted by atomic mass is 19.1. The summed E-state index contributed by atoms with van der Waals surface area (Å²) in [6, 6.07) is 5.97. The summed E-state index contributed by atoms with van der Waals surface area (Å²) in [5.74, 6) is -0.788. The zero-order valence-corrected chi connectivity index (χ0v) is 12.8. The largest absolute Gasteiger partial charge is 0.346 e. The topological polar surface area (TPSA) is 66.1 Å². The Labute approximate surface area is 127 Å². The molecule has 2 aromatic rings. The summed E-state index contributed by atoms with van der Waals surface area (Å²) in [7, 11) is 0. The lowest BCUT2D eigenvalue weighted by molar-refractivity contribution is 0.0766. The monoisotopic (exact) mass is 303 g/mol. The number of aromatic nitrogens is 2. The number of rotatable bonds is 4. The number of aromatic amines is 1. The van der Waals surface area contributed by atoms with Crippen LogP contribution >= 0.6 is 0 Å². The van der Waals surface area contributed by atoms with E-state index in [1.165, 1.54) is 12.1 Å². The van der Waals surface area contributed by atoms with Crippen molar-refractivity contribution in [3.05, 3.63) is 51.8 Å². The van der Waals surface area contributed by atoms with E-state index in [1.54, 1.807) is 17.0 Å². The summed E-state index contributed by atoms with van der Waals surface area (Å²) in [6.45, 7) is 6.56. The molecule has 1 amide bonds. The minimum Gasteiger partial charge on any atom is -0.338 e. The standard InChI is InChI=1S/C16H18FN3O2/c1-4-20(5-2)15(21)14-9-13(18-16(22)19-14)11-8-10(3)6-7-12(11)17/h6-9H,4-5H2,1-3H3,(H,18,19,22). The molecule has 1 aromatic carbocycles. The number of benzene rings is 1. The first kappa shape index (κ1) is 15.9. The predicted molar refractivity (Wildman–Crippen MR) is 82.2 cm³/mol. The van der Waals surface area contributed by atoms with Crippen LogP contribution in [0.15, 0.2) is 29.1 Å². The summed E-state index contributed by atoms with van der Waals surface area (Å²) in [5.41, 5.74) is 0.642. The fourth-order valence-corrected chi connectivity index (χ4v) is 2.23. The van der Waals surface area contributed by atoms with Crippen molar-refractivity contribution in [3.63, 3.8) is 0 Å². The molecule has 116 valence electrons. The van der Waals surface area contributed by atoms with Crippen molar-refractivity contribution < 1.29 is 9.18 Å². The molecule has 0 bridgehead atoms. The summed E-state index contributed by atoms with van der Waals surface area (Å²) in [6.07, 6.45) is 0. The van der Waals surface area contributed by atoms with E-state index >= 15 is 0 Å². The maximum absolute atomic E-state index is 14.0. The van der Waals surface area contributed by atoms with Gasteiger partial charge < -0.3 is 9.88 Å². The van der Waals surface area contributed by atoms with E-state index in [0.29, 0.717) is 13.1 Å². The zero-order chi connectivity index (χ0) is 16.3. The van der Waals surface area contributed by atoms with E-state index in [0.717, 1.165) is 5.56 Å². The fourth-order valence-electron chi connectivity index (χ4n) is 2.23. The van der Waals surface area contributed by atoms with Gasteiger partial charge in [0.25, 0.3) is 5.91 Å². The molecule has 6 heteroatoms. The van der Waals surface area contributed by atoms with Crippen LogP contribution in [0.3, 0.4) is 0 Å². The van der Waals surface area contributed by atoms with Crippen LogP contribution in [0.4, 0.5) is 4.39 Å². The molecule has 22 heavy (non-hydrogen) atoms. The Morgan fingerprint density at radius 3 is 2.59 bits per heavy atom. The van der Waals surface area contributed by atoms with Gasteiger partial charge in [-0.3, -0.25) is 4.79 Å². The maximum Gasteiger partial charge on any atom is 0.346 e.